The van der Waals surface area contributed by atoms with E-state index in [2.05, 4.69) is 9.88 Å². The SMILES string of the molecule is NS(=O)(=O)c1ccc(OCCC(=O)O)c(F)c1F. The van der Waals surface area contributed by atoms with Crippen molar-refractivity contribution in [1.82, 2.24) is 0 Å². The van der Waals surface area contributed by atoms with Crippen molar-refractivity contribution in [2.24, 2.45) is 5.14 Å². The summed E-state index contributed by atoms with van der Waals surface area (Å²) in [6.07, 6.45) is -0.405. The van der Waals surface area contributed by atoms with Gasteiger partial charge in [-0.15, -0.1) is 0 Å². The molecular weight excluding hydrogens is 272 g/mol. The number of hydrogen-bond donors (Lipinski definition) is 2. The molecule has 1 aromatic rings. The molecule has 0 atom stereocenters. The quantitative estimate of drug-likeness (QED) is 0.815. The highest BCUT2D eigenvalue weighted by Crippen LogP contribution is 2.24. The number of carbonyl (C=O) groups is 1. The molecule has 6 nitrogen and oxygen atoms in total. The Morgan fingerprint density at radius 3 is 2.44 bits per heavy atom. The average Bonchev–Trinajstić information content (AvgIpc) is 2.22. The van der Waals surface area contributed by atoms with Crippen molar-refractivity contribution in [3.05, 3.63) is 23.8 Å². The molecular formula is C9H9F2NO5S. The van der Waals surface area contributed by atoms with Gasteiger partial charge in [0.2, 0.25) is 15.8 Å². The smallest absolute Gasteiger partial charge is 0.306 e. The molecule has 0 spiro atoms. The summed E-state index contributed by atoms with van der Waals surface area (Å²) < 4.78 is 53.1. The van der Waals surface area contributed by atoms with Gasteiger partial charge in [0.25, 0.3) is 0 Å². The molecule has 0 amide bonds. The topological polar surface area (TPSA) is 107 Å². The van der Waals surface area contributed by atoms with Crippen LogP contribution in [0.2, 0.25) is 0 Å². The van der Waals surface area contributed by atoms with Gasteiger partial charge in [-0.25, -0.2) is 17.9 Å². The molecule has 0 radical (unpaired) electrons. The Bertz CT molecular complexity index is 573. The van der Waals surface area contributed by atoms with Gasteiger partial charge in [0, 0.05) is 0 Å². The highest BCUT2D eigenvalue weighted by molar-refractivity contribution is 7.89. The first-order valence-electron chi connectivity index (χ1n) is 4.59. The number of ether oxygens (including phenoxy) is 1. The van der Waals surface area contributed by atoms with Gasteiger partial charge in [0.1, 0.15) is 4.90 Å². The van der Waals surface area contributed by atoms with Gasteiger partial charge in [-0.3, -0.25) is 4.79 Å². The predicted molar refractivity (Wildman–Crippen MR) is 55.5 cm³/mol. The first kappa shape index (κ1) is 14.3. The molecule has 3 N–H and O–H groups in total. The molecule has 0 aliphatic carbocycles. The normalized spacial score (nSPS) is 11.3. The molecule has 0 heterocycles. The average molecular weight is 281 g/mol. The molecule has 0 saturated heterocycles. The molecule has 0 aromatic heterocycles. The van der Waals surface area contributed by atoms with Gasteiger partial charge in [-0.2, -0.15) is 4.39 Å². The van der Waals surface area contributed by atoms with Crippen LogP contribution in [0.25, 0.3) is 0 Å². The highest BCUT2D eigenvalue weighted by atomic mass is 32.2. The summed E-state index contributed by atoms with van der Waals surface area (Å²) in [6, 6.07) is 1.60. The van der Waals surface area contributed by atoms with Gasteiger partial charge >= 0.3 is 5.97 Å². The Morgan fingerprint density at radius 2 is 1.94 bits per heavy atom. The van der Waals surface area contributed by atoms with E-state index in [1.807, 2.05) is 0 Å². The second-order valence-electron chi connectivity index (χ2n) is 3.23. The van der Waals surface area contributed by atoms with E-state index in [1.165, 1.54) is 0 Å². The fourth-order valence-electron chi connectivity index (χ4n) is 1.09. The molecule has 0 aliphatic rings. The Labute approximate surface area is 101 Å². The highest BCUT2D eigenvalue weighted by Gasteiger charge is 2.21. The molecule has 0 unspecified atom stereocenters. The number of nitrogens with two attached hydrogens (primary N) is 1. The van der Waals surface area contributed by atoms with E-state index in [-0.39, 0.29) is 6.61 Å². The molecule has 9 heteroatoms. The first-order chi connectivity index (χ1) is 8.23. The van der Waals surface area contributed by atoms with Crippen molar-refractivity contribution in [2.75, 3.05) is 6.61 Å². The Balaban J connectivity index is 2.98. The Morgan fingerprint density at radius 1 is 1.33 bits per heavy atom. The van der Waals surface area contributed by atoms with Crippen molar-refractivity contribution < 1.29 is 31.8 Å². The standard InChI is InChI=1S/C9H9F2NO5S/c10-8-5(17-4-3-7(13)14)1-2-6(9(8)11)18(12,15)16/h1-2H,3-4H2,(H,13,14)(H2,12,15,16). The number of hydrogen-bond acceptors (Lipinski definition) is 4. The Kier molecular flexibility index (Phi) is 4.19. The summed E-state index contributed by atoms with van der Waals surface area (Å²) in [5.74, 6) is -4.95. The molecule has 100 valence electrons. The van der Waals surface area contributed by atoms with Crippen molar-refractivity contribution in [1.29, 1.82) is 0 Å². The number of halogens is 2. The molecule has 0 fully saturated rings. The summed E-state index contributed by atoms with van der Waals surface area (Å²) in [5, 5.41) is 13.0. The number of benzene rings is 1. The van der Waals surface area contributed by atoms with Crippen molar-refractivity contribution in [3.8, 4) is 5.75 Å². The van der Waals surface area contributed by atoms with Gasteiger partial charge in [-0.05, 0) is 12.1 Å². The minimum Gasteiger partial charge on any atom is -0.490 e. The zero-order valence-electron chi connectivity index (χ0n) is 8.89. The van der Waals surface area contributed by atoms with E-state index in [4.69, 9.17) is 5.11 Å². The van der Waals surface area contributed by atoms with E-state index in [0.29, 0.717) is 0 Å². The summed E-state index contributed by atoms with van der Waals surface area (Å²) in [7, 11) is -4.37. The van der Waals surface area contributed by atoms with Crippen LogP contribution < -0.4 is 9.88 Å². The van der Waals surface area contributed by atoms with Crippen LogP contribution in [0, 0.1) is 11.6 Å². The van der Waals surface area contributed by atoms with Crippen LogP contribution in [0.15, 0.2) is 17.0 Å². The van der Waals surface area contributed by atoms with E-state index in [9.17, 15) is 22.0 Å². The van der Waals surface area contributed by atoms with Gasteiger partial charge in [-0.1, -0.05) is 0 Å². The third kappa shape index (κ3) is 3.37. The molecule has 18 heavy (non-hydrogen) atoms. The lowest BCUT2D eigenvalue weighted by atomic mass is 10.3. The van der Waals surface area contributed by atoms with Crippen molar-refractivity contribution >= 4 is 16.0 Å². The van der Waals surface area contributed by atoms with Crippen LogP contribution in [0.4, 0.5) is 8.78 Å². The van der Waals surface area contributed by atoms with Crippen LogP contribution in [0.3, 0.4) is 0 Å². The Hall–Kier alpha value is -1.74. The lowest BCUT2D eigenvalue weighted by molar-refractivity contribution is -0.137. The molecule has 1 rings (SSSR count). The van der Waals surface area contributed by atoms with Gasteiger partial charge < -0.3 is 9.84 Å². The maximum atomic E-state index is 13.3. The van der Waals surface area contributed by atoms with Crippen molar-refractivity contribution in [3.63, 3.8) is 0 Å². The van der Waals surface area contributed by atoms with Gasteiger partial charge in [0.05, 0.1) is 13.0 Å². The maximum absolute atomic E-state index is 13.3. The van der Waals surface area contributed by atoms with Gasteiger partial charge in [0.15, 0.2) is 11.6 Å². The summed E-state index contributed by atoms with van der Waals surface area (Å²) in [5.41, 5.74) is 0. The van der Waals surface area contributed by atoms with E-state index in [1.54, 1.807) is 0 Å². The third-order valence-electron chi connectivity index (χ3n) is 1.89. The maximum Gasteiger partial charge on any atom is 0.306 e. The fraction of sp³-hybridized carbons (Fsp3) is 0.222. The van der Waals surface area contributed by atoms with Crippen LogP contribution in [-0.2, 0) is 14.8 Å². The molecule has 0 aliphatic heterocycles. The molecule has 1 aromatic carbocycles. The third-order valence-corrected chi connectivity index (χ3v) is 2.82. The number of carboxylic acid groups (broad SMARTS) is 1. The van der Waals surface area contributed by atoms with E-state index >= 15 is 0 Å². The van der Waals surface area contributed by atoms with Crippen molar-refractivity contribution in [2.45, 2.75) is 11.3 Å². The number of aliphatic carboxylic acids is 1. The zero-order chi connectivity index (χ0) is 13.9. The van der Waals surface area contributed by atoms with E-state index in [0.717, 1.165) is 12.1 Å². The number of carboxylic acids is 1. The second-order valence-corrected chi connectivity index (χ2v) is 4.76. The largest absolute Gasteiger partial charge is 0.490 e. The lowest BCUT2D eigenvalue weighted by Crippen LogP contribution is -2.15. The number of rotatable bonds is 5. The minimum absolute atomic E-state index is 0.375. The van der Waals surface area contributed by atoms with Crippen LogP contribution in [0.1, 0.15) is 6.42 Å². The first-order valence-corrected chi connectivity index (χ1v) is 6.13. The lowest BCUT2D eigenvalue weighted by Gasteiger charge is -2.08. The number of sulfonamides is 1. The summed E-state index contributed by atoms with van der Waals surface area (Å²) in [4.78, 5) is 9.19. The fourth-order valence-corrected chi connectivity index (χ4v) is 1.69. The monoisotopic (exact) mass is 281 g/mol. The minimum atomic E-state index is -4.37. The predicted octanol–water partition coefficient (Wildman–Crippen LogP) is 0.466. The van der Waals surface area contributed by atoms with E-state index < -0.39 is 44.7 Å². The molecule has 0 saturated carbocycles. The molecule has 0 bridgehead atoms. The summed E-state index contributed by atoms with van der Waals surface area (Å²) in [6.45, 7) is -0.375. The van der Waals surface area contributed by atoms with Crippen LogP contribution in [0.5, 0.6) is 5.75 Å². The van der Waals surface area contributed by atoms with Crippen LogP contribution in [-0.4, -0.2) is 26.1 Å². The van der Waals surface area contributed by atoms with Crippen LogP contribution >= 0.6 is 0 Å². The summed E-state index contributed by atoms with van der Waals surface area (Å²) >= 11 is 0. The number of primary sulfonamides is 1. The zero-order valence-corrected chi connectivity index (χ0v) is 9.71. The second kappa shape index (κ2) is 5.27.